The summed E-state index contributed by atoms with van der Waals surface area (Å²) in [5.41, 5.74) is 0. The van der Waals surface area contributed by atoms with E-state index in [9.17, 15) is 0 Å². The normalized spacial score (nSPS) is 46.7. The lowest BCUT2D eigenvalue weighted by Gasteiger charge is -1.69. The van der Waals surface area contributed by atoms with Crippen molar-refractivity contribution in [2.45, 2.75) is 12.8 Å². The summed E-state index contributed by atoms with van der Waals surface area (Å²) in [6.07, 6.45) is 2.61. The van der Waals surface area contributed by atoms with Gasteiger partial charge in [-0.3, -0.25) is 0 Å². The predicted molar refractivity (Wildman–Crippen MR) is 24.0 cm³/mol. The van der Waals surface area contributed by atoms with Crippen molar-refractivity contribution in [3.05, 3.63) is 0 Å². The topological polar surface area (TPSA) is 0 Å². The molecule has 0 aromatic heterocycles. The lowest BCUT2D eigenvalue weighted by atomic mass is 10.3. The first kappa shape index (κ1) is 2.69. The molecule has 0 saturated heterocycles. The molecule has 0 amide bonds. The van der Waals surface area contributed by atoms with Crippen molar-refractivity contribution >= 4 is 0 Å². The van der Waals surface area contributed by atoms with Crippen LogP contribution < -0.4 is 0 Å². The summed E-state index contributed by atoms with van der Waals surface area (Å²) in [4.78, 5) is 0. The zero-order chi connectivity index (χ0) is 3.98. The van der Waals surface area contributed by atoms with Gasteiger partial charge in [-0.25, -0.2) is 0 Å². The van der Waals surface area contributed by atoms with Crippen LogP contribution in [0.15, 0.2) is 0 Å². The summed E-state index contributed by atoms with van der Waals surface area (Å²) in [7, 11) is 0. The zero-order valence-corrected chi connectivity index (χ0v) is 3.57. The van der Waals surface area contributed by atoms with Gasteiger partial charge in [0, 0.05) is 12.3 Å². The van der Waals surface area contributed by atoms with Crippen LogP contribution in [0.2, 0.25) is 0 Å². The Morgan fingerprint density at radius 3 is 2.67 bits per heavy atom. The van der Waals surface area contributed by atoms with Crippen LogP contribution in [-0.4, -0.2) is 0 Å². The highest BCUT2D eigenvalue weighted by molar-refractivity contribution is 5.21. The first-order chi connectivity index (χ1) is 2.97. The van der Waals surface area contributed by atoms with Crippen LogP contribution in [0.1, 0.15) is 12.8 Å². The van der Waals surface area contributed by atoms with Crippen LogP contribution in [0, 0.1) is 23.7 Å². The number of rotatable bonds is 0. The van der Waals surface area contributed by atoms with Gasteiger partial charge in [-0.1, -0.05) is 5.92 Å². The first-order valence-corrected chi connectivity index (χ1v) is 2.45. The average molecular weight is 78.1 g/mol. The van der Waals surface area contributed by atoms with E-state index >= 15 is 0 Å². The minimum absolute atomic E-state index is 0.852. The van der Waals surface area contributed by atoms with Gasteiger partial charge in [0.2, 0.25) is 0 Å². The predicted octanol–water partition coefficient (Wildman–Crippen LogP) is 1.03. The van der Waals surface area contributed by atoms with Gasteiger partial charge in [0.15, 0.2) is 0 Å². The second kappa shape index (κ2) is 0.632. The highest BCUT2D eigenvalue weighted by Gasteiger charge is 2.37. The largest absolute Gasteiger partial charge is 0.103 e. The van der Waals surface area contributed by atoms with Crippen molar-refractivity contribution in [1.82, 2.24) is 0 Å². The minimum atomic E-state index is 0.852. The van der Waals surface area contributed by atoms with Crippen molar-refractivity contribution < 1.29 is 0 Å². The lowest BCUT2D eigenvalue weighted by Crippen LogP contribution is -1.63. The summed E-state index contributed by atoms with van der Waals surface area (Å²) in [6, 6.07) is 0. The molecule has 2 aliphatic rings. The molecule has 0 radical (unpaired) electrons. The van der Waals surface area contributed by atoms with Crippen molar-refractivity contribution in [2.75, 3.05) is 0 Å². The molecule has 0 aromatic rings. The highest BCUT2D eigenvalue weighted by atomic mass is 14.4. The van der Waals surface area contributed by atoms with Gasteiger partial charge in [0.1, 0.15) is 0 Å². The maximum Gasteiger partial charge on any atom is 0.0244 e. The summed E-state index contributed by atoms with van der Waals surface area (Å²) in [5, 5.41) is 0. The maximum atomic E-state index is 3.14. The van der Waals surface area contributed by atoms with Gasteiger partial charge in [0.05, 0.1) is 0 Å². The lowest BCUT2D eigenvalue weighted by molar-refractivity contribution is 0.864. The molecule has 2 aliphatic carbocycles. The first-order valence-electron chi connectivity index (χ1n) is 2.45. The number of hydrogen-bond donors (Lipinski definition) is 0. The minimum Gasteiger partial charge on any atom is -0.103 e. The highest BCUT2D eigenvalue weighted by Crippen LogP contribution is 2.43. The Hall–Kier alpha value is -0.440. The van der Waals surface area contributed by atoms with E-state index in [1.807, 2.05) is 0 Å². The molecule has 2 rings (SSSR count). The molecule has 0 spiro atoms. The van der Waals surface area contributed by atoms with Crippen LogP contribution in [0.4, 0.5) is 0 Å². The molecular formula is C6H6. The van der Waals surface area contributed by atoms with E-state index in [0.717, 1.165) is 11.8 Å². The van der Waals surface area contributed by atoms with Crippen molar-refractivity contribution in [2.24, 2.45) is 11.8 Å². The molecule has 0 aliphatic heterocycles. The van der Waals surface area contributed by atoms with E-state index in [-0.39, 0.29) is 0 Å². The molecule has 1 unspecified atom stereocenters. The Morgan fingerprint density at radius 1 is 1.50 bits per heavy atom. The average Bonchev–Trinajstić information content (AvgIpc) is 2.17. The molecule has 0 bridgehead atoms. The van der Waals surface area contributed by atoms with Crippen molar-refractivity contribution in [3.63, 3.8) is 0 Å². The Kier molecular flexibility index (Phi) is 0.283. The monoisotopic (exact) mass is 78.0 g/mol. The zero-order valence-electron chi connectivity index (χ0n) is 3.57. The van der Waals surface area contributed by atoms with Crippen molar-refractivity contribution in [1.29, 1.82) is 0 Å². The molecule has 2 atom stereocenters. The summed E-state index contributed by atoms with van der Waals surface area (Å²) in [5.74, 6) is 8.06. The quantitative estimate of drug-likeness (QED) is 0.379. The van der Waals surface area contributed by atoms with E-state index < -0.39 is 0 Å². The standard InChI is InChI=1S/C6H6/c1-2-5-4-6(5)3-1/h5-6H,2,4H2/t5-,6?/m0/s1. The molecule has 0 nitrogen and oxygen atoms in total. The molecule has 30 valence electrons. The second-order valence-electron chi connectivity index (χ2n) is 2.13. The number of fused-ring (bicyclic) bond motifs is 1. The van der Waals surface area contributed by atoms with Crippen LogP contribution in [0.5, 0.6) is 0 Å². The summed E-state index contributed by atoms with van der Waals surface area (Å²) >= 11 is 0. The molecule has 0 N–H and O–H groups in total. The van der Waals surface area contributed by atoms with Gasteiger partial charge >= 0.3 is 0 Å². The van der Waals surface area contributed by atoms with E-state index in [0.29, 0.717) is 0 Å². The van der Waals surface area contributed by atoms with Gasteiger partial charge in [-0.15, -0.1) is 5.92 Å². The van der Waals surface area contributed by atoms with Crippen LogP contribution in [0.25, 0.3) is 0 Å². The molecule has 0 aromatic carbocycles. The Balaban J connectivity index is 2.33. The third-order valence-corrected chi connectivity index (χ3v) is 1.57. The third-order valence-electron chi connectivity index (χ3n) is 1.57. The second-order valence-corrected chi connectivity index (χ2v) is 2.13. The Morgan fingerprint density at radius 2 is 2.50 bits per heavy atom. The fourth-order valence-corrected chi connectivity index (χ4v) is 0.971. The van der Waals surface area contributed by atoms with Crippen molar-refractivity contribution in [3.8, 4) is 11.8 Å². The van der Waals surface area contributed by atoms with E-state index in [1.165, 1.54) is 12.8 Å². The van der Waals surface area contributed by atoms with E-state index in [2.05, 4.69) is 11.8 Å². The van der Waals surface area contributed by atoms with E-state index in [4.69, 9.17) is 0 Å². The molecule has 0 heterocycles. The van der Waals surface area contributed by atoms with Crippen LogP contribution in [-0.2, 0) is 0 Å². The fourth-order valence-electron chi connectivity index (χ4n) is 0.971. The van der Waals surface area contributed by atoms with Crippen LogP contribution >= 0.6 is 0 Å². The number of hydrogen-bond acceptors (Lipinski definition) is 0. The summed E-state index contributed by atoms with van der Waals surface area (Å²) < 4.78 is 0. The Labute approximate surface area is 37.6 Å². The smallest absolute Gasteiger partial charge is 0.0244 e. The van der Waals surface area contributed by atoms with Gasteiger partial charge in [-0.05, 0) is 12.3 Å². The molecule has 1 fully saturated rings. The van der Waals surface area contributed by atoms with Gasteiger partial charge < -0.3 is 0 Å². The summed E-state index contributed by atoms with van der Waals surface area (Å²) in [6.45, 7) is 0. The van der Waals surface area contributed by atoms with E-state index in [1.54, 1.807) is 0 Å². The Bertz CT molecular complexity index is 125. The van der Waals surface area contributed by atoms with Crippen LogP contribution in [0.3, 0.4) is 0 Å². The molecule has 0 heteroatoms. The fraction of sp³-hybridized carbons (Fsp3) is 0.667. The maximum absolute atomic E-state index is 3.14. The SMILES string of the molecule is C1#CC2C[C@@H]2C1. The molecule has 1 saturated carbocycles. The molecule has 6 heavy (non-hydrogen) atoms. The van der Waals surface area contributed by atoms with Gasteiger partial charge in [0.25, 0.3) is 0 Å². The van der Waals surface area contributed by atoms with Gasteiger partial charge in [-0.2, -0.15) is 0 Å². The molecular weight excluding hydrogens is 72.1 g/mol. The third kappa shape index (κ3) is 0.175.